The molecule has 0 amide bonds. The van der Waals surface area contributed by atoms with Gasteiger partial charge in [-0.2, -0.15) is 0 Å². The van der Waals surface area contributed by atoms with Crippen LogP contribution in [0, 0.1) is 0 Å². The predicted molar refractivity (Wildman–Crippen MR) is 77.7 cm³/mol. The van der Waals surface area contributed by atoms with Crippen LogP contribution in [0.3, 0.4) is 0 Å². The lowest BCUT2D eigenvalue weighted by Gasteiger charge is -2.18. The molecule has 0 bridgehead atoms. The molecule has 3 heteroatoms. The Labute approximate surface area is 113 Å². The van der Waals surface area contributed by atoms with Crippen molar-refractivity contribution in [3.8, 4) is 17.0 Å². The zero-order chi connectivity index (χ0) is 13.2. The fourth-order valence-corrected chi connectivity index (χ4v) is 2.26. The van der Waals surface area contributed by atoms with Crippen molar-refractivity contribution in [2.75, 3.05) is 18.5 Å². The summed E-state index contributed by atoms with van der Waals surface area (Å²) in [5.41, 5.74) is 4.66. The van der Waals surface area contributed by atoms with Gasteiger partial charge in [-0.05, 0) is 23.1 Å². The summed E-state index contributed by atoms with van der Waals surface area (Å²) >= 11 is 0. The van der Waals surface area contributed by atoms with Crippen LogP contribution in [0.2, 0.25) is 0 Å². The van der Waals surface area contributed by atoms with Crippen molar-refractivity contribution in [1.82, 2.24) is 4.98 Å². The number of hydrogen-bond donors (Lipinski definition) is 1. The summed E-state index contributed by atoms with van der Waals surface area (Å²) in [6.07, 6.45) is 1.88. The first-order valence-electron chi connectivity index (χ1n) is 6.71. The average molecular weight is 254 g/mol. The molecule has 2 heterocycles. The van der Waals surface area contributed by atoms with Crippen LogP contribution in [0.25, 0.3) is 11.1 Å². The van der Waals surface area contributed by atoms with Crippen LogP contribution < -0.4 is 10.1 Å². The Balaban J connectivity index is 2.00. The first-order valence-corrected chi connectivity index (χ1v) is 6.71. The van der Waals surface area contributed by atoms with Gasteiger partial charge >= 0.3 is 0 Å². The molecule has 0 saturated carbocycles. The highest BCUT2D eigenvalue weighted by molar-refractivity contribution is 5.70. The number of nitrogens with one attached hydrogen (secondary N) is 1. The van der Waals surface area contributed by atoms with Crippen LogP contribution in [-0.2, 0) is 0 Å². The van der Waals surface area contributed by atoms with E-state index in [9.17, 15) is 0 Å². The molecule has 19 heavy (non-hydrogen) atoms. The number of ether oxygens (including phenoxy) is 1. The van der Waals surface area contributed by atoms with Gasteiger partial charge in [0.05, 0.1) is 5.69 Å². The molecule has 0 atom stereocenters. The minimum atomic E-state index is 0.534. The molecule has 0 saturated heterocycles. The largest absolute Gasteiger partial charge is 0.474 e. The molecule has 0 aliphatic carbocycles. The van der Waals surface area contributed by atoms with Crippen LogP contribution in [0.5, 0.6) is 5.88 Å². The Bertz CT molecular complexity index is 593. The van der Waals surface area contributed by atoms with Gasteiger partial charge in [0.2, 0.25) is 5.88 Å². The van der Waals surface area contributed by atoms with Gasteiger partial charge in [0, 0.05) is 18.3 Å². The van der Waals surface area contributed by atoms with Crippen LogP contribution in [-0.4, -0.2) is 18.1 Å². The molecule has 1 aromatic carbocycles. The third kappa shape index (κ3) is 2.41. The summed E-state index contributed by atoms with van der Waals surface area (Å²) in [5, 5.41) is 3.32. The van der Waals surface area contributed by atoms with Crippen LogP contribution in [0.1, 0.15) is 25.3 Å². The molecule has 3 nitrogen and oxygen atoms in total. The van der Waals surface area contributed by atoms with E-state index in [4.69, 9.17) is 4.74 Å². The minimum absolute atomic E-state index is 0.534. The summed E-state index contributed by atoms with van der Waals surface area (Å²) < 4.78 is 5.50. The number of anilines is 1. The molecule has 1 aliphatic rings. The predicted octanol–water partition coefficient (Wildman–Crippen LogP) is 3.68. The summed E-state index contributed by atoms with van der Waals surface area (Å²) in [6, 6.07) is 10.7. The van der Waals surface area contributed by atoms with Crippen molar-refractivity contribution >= 4 is 5.69 Å². The molecule has 0 radical (unpaired) electrons. The van der Waals surface area contributed by atoms with E-state index < -0.39 is 0 Å². The highest BCUT2D eigenvalue weighted by Crippen LogP contribution is 2.31. The number of benzene rings is 1. The van der Waals surface area contributed by atoms with E-state index in [0.29, 0.717) is 18.4 Å². The normalized spacial score (nSPS) is 13.6. The van der Waals surface area contributed by atoms with Crippen molar-refractivity contribution in [3.63, 3.8) is 0 Å². The van der Waals surface area contributed by atoms with Crippen molar-refractivity contribution in [2.45, 2.75) is 19.8 Å². The van der Waals surface area contributed by atoms with Gasteiger partial charge in [0.15, 0.2) is 0 Å². The Morgan fingerprint density at radius 1 is 1.21 bits per heavy atom. The summed E-state index contributed by atoms with van der Waals surface area (Å²) in [4.78, 5) is 4.39. The van der Waals surface area contributed by atoms with E-state index in [1.807, 2.05) is 6.20 Å². The number of aromatic nitrogens is 1. The Morgan fingerprint density at radius 3 is 2.95 bits per heavy atom. The lowest BCUT2D eigenvalue weighted by atomic mass is 9.98. The molecule has 0 fully saturated rings. The topological polar surface area (TPSA) is 34.2 Å². The maximum Gasteiger partial charge on any atom is 0.237 e. The van der Waals surface area contributed by atoms with Gasteiger partial charge in [0.1, 0.15) is 6.61 Å². The van der Waals surface area contributed by atoms with E-state index in [2.05, 4.69) is 54.5 Å². The second-order valence-electron chi connectivity index (χ2n) is 5.13. The minimum Gasteiger partial charge on any atom is -0.474 e. The van der Waals surface area contributed by atoms with Crippen LogP contribution in [0.15, 0.2) is 36.5 Å². The fraction of sp³-hybridized carbons (Fsp3) is 0.312. The monoisotopic (exact) mass is 254 g/mol. The third-order valence-corrected chi connectivity index (χ3v) is 3.39. The number of rotatable bonds is 2. The van der Waals surface area contributed by atoms with E-state index in [1.165, 1.54) is 11.1 Å². The van der Waals surface area contributed by atoms with E-state index in [1.54, 1.807) is 0 Å². The summed E-state index contributed by atoms with van der Waals surface area (Å²) in [7, 11) is 0. The van der Waals surface area contributed by atoms with Gasteiger partial charge in [-0.3, -0.25) is 0 Å². The Morgan fingerprint density at radius 2 is 2.11 bits per heavy atom. The molecule has 0 unspecified atom stereocenters. The van der Waals surface area contributed by atoms with Gasteiger partial charge in [-0.15, -0.1) is 0 Å². The standard InChI is InChI=1S/C16H18N2O/c1-11(2)12-4-3-5-13(8-12)14-9-15-16(18-10-14)19-7-6-17-15/h3-5,8-11,17H,6-7H2,1-2H3. The Kier molecular flexibility index (Phi) is 3.11. The Hall–Kier alpha value is -2.03. The van der Waals surface area contributed by atoms with E-state index >= 15 is 0 Å². The molecule has 0 spiro atoms. The van der Waals surface area contributed by atoms with E-state index in [-0.39, 0.29) is 0 Å². The highest BCUT2D eigenvalue weighted by Gasteiger charge is 2.12. The SMILES string of the molecule is CC(C)c1cccc(-c2cnc3c(c2)NCCO3)c1. The highest BCUT2D eigenvalue weighted by atomic mass is 16.5. The number of nitrogens with zero attached hydrogens (tertiary/aromatic N) is 1. The maximum atomic E-state index is 5.50. The van der Waals surface area contributed by atoms with Gasteiger partial charge in [-0.1, -0.05) is 38.1 Å². The first kappa shape index (κ1) is 12.0. The van der Waals surface area contributed by atoms with Crippen molar-refractivity contribution < 1.29 is 4.74 Å². The second kappa shape index (κ2) is 4.92. The van der Waals surface area contributed by atoms with Crippen LogP contribution >= 0.6 is 0 Å². The van der Waals surface area contributed by atoms with Crippen molar-refractivity contribution in [2.24, 2.45) is 0 Å². The van der Waals surface area contributed by atoms with Crippen LogP contribution in [0.4, 0.5) is 5.69 Å². The molecule has 98 valence electrons. The molecular formula is C16H18N2O. The third-order valence-electron chi connectivity index (χ3n) is 3.39. The van der Waals surface area contributed by atoms with Gasteiger partial charge < -0.3 is 10.1 Å². The zero-order valence-electron chi connectivity index (χ0n) is 11.3. The lowest BCUT2D eigenvalue weighted by molar-refractivity contribution is 0.310. The molecule has 1 aliphatic heterocycles. The average Bonchev–Trinajstić information content (AvgIpc) is 2.47. The smallest absolute Gasteiger partial charge is 0.237 e. The lowest BCUT2D eigenvalue weighted by Crippen LogP contribution is -2.18. The summed E-state index contributed by atoms with van der Waals surface area (Å²) in [6.45, 7) is 5.94. The zero-order valence-corrected chi connectivity index (χ0v) is 11.3. The fourth-order valence-electron chi connectivity index (χ4n) is 2.26. The molecule has 1 aromatic heterocycles. The van der Waals surface area contributed by atoms with Crippen molar-refractivity contribution in [3.05, 3.63) is 42.1 Å². The molecule has 3 rings (SSSR count). The number of pyridine rings is 1. The van der Waals surface area contributed by atoms with Crippen molar-refractivity contribution in [1.29, 1.82) is 0 Å². The molecular weight excluding hydrogens is 236 g/mol. The quantitative estimate of drug-likeness (QED) is 0.887. The molecule has 2 aromatic rings. The van der Waals surface area contributed by atoms with Gasteiger partial charge in [-0.25, -0.2) is 4.98 Å². The number of fused-ring (bicyclic) bond motifs is 1. The summed E-state index contributed by atoms with van der Waals surface area (Å²) in [5.74, 6) is 1.24. The number of hydrogen-bond acceptors (Lipinski definition) is 3. The van der Waals surface area contributed by atoms with E-state index in [0.717, 1.165) is 17.8 Å². The first-order chi connectivity index (χ1) is 9.24. The molecule has 1 N–H and O–H groups in total. The second-order valence-corrected chi connectivity index (χ2v) is 5.13. The van der Waals surface area contributed by atoms with Gasteiger partial charge in [0.25, 0.3) is 0 Å². The maximum absolute atomic E-state index is 5.50.